The topological polar surface area (TPSA) is 32.3 Å². The largest absolute Gasteiger partial charge is 0.392 e. The van der Waals surface area contributed by atoms with Gasteiger partial charge >= 0.3 is 0 Å². The molecular weight excluding hydrogens is 182 g/mol. The molecule has 3 heteroatoms. The molecule has 0 radical (unpaired) electrons. The van der Waals surface area contributed by atoms with E-state index < -0.39 is 0 Å². The monoisotopic (exact) mass is 193 g/mol. The number of halogens is 1. The van der Waals surface area contributed by atoms with Crippen LogP contribution in [0.1, 0.15) is 12.8 Å². The molecule has 2 nitrogen and oxygen atoms in total. The summed E-state index contributed by atoms with van der Waals surface area (Å²) in [4.78, 5) is 0.250. The van der Waals surface area contributed by atoms with Gasteiger partial charge in [0.1, 0.15) is 0 Å². The number of aliphatic hydroxyl groups is 1. The molecule has 1 rings (SSSR count). The summed E-state index contributed by atoms with van der Waals surface area (Å²) in [6.07, 6.45) is 1.85. The number of hydrogen-bond acceptors (Lipinski definition) is 2. The minimum atomic E-state index is -0.153. The van der Waals surface area contributed by atoms with E-state index in [1.54, 1.807) is 0 Å². The van der Waals surface area contributed by atoms with Gasteiger partial charge in [-0.25, -0.2) is 0 Å². The second-order valence-corrected chi connectivity index (χ2v) is 3.61. The summed E-state index contributed by atoms with van der Waals surface area (Å²) in [7, 11) is 0. The smallest absolute Gasteiger partial charge is 0.0678 e. The number of alkyl halides is 1. The summed E-state index contributed by atoms with van der Waals surface area (Å²) < 4.78 is 0. The lowest BCUT2D eigenvalue weighted by molar-refractivity contribution is 0.168. The van der Waals surface area contributed by atoms with Crippen molar-refractivity contribution in [3.8, 4) is 0 Å². The average Bonchev–Trinajstić information content (AvgIpc) is 1.99. The zero-order valence-corrected chi connectivity index (χ0v) is 6.89. The van der Waals surface area contributed by atoms with Gasteiger partial charge in [0.05, 0.1) is 10.9 Å². The molecule has 2 atom stereocenters. The van der Waals surface area contributed by atoms with Crippen LogP contribution in [0.15, 0.2) is 0 Å². The lowest BCUT2D eigenvalue weighted by Gasteiger charge is -2.11. The lowest BCUT2D eigenvalue weighted by Crippen LogP contribution is -2.27. The Morgan fingerprint density at radius 2 is 2.33 bits per heavy atom. The second-order valence-electron chi connectivity index (χ2n) is 2.43. The molecule has 0 aromatic rings. The molecule has 2 unspecified atom stereocenters. The molecule has 0 spiro atoms. The third kappa shape index (κ3) is 2.24. The van der Waals surface area contributed by atoms with Crippen LogP contribution in [-0.2, 0) is 0 Å². The summed E-state index contributed by atoms with van der Waals surface area (Å²) >= 11 is 3.39. The van der Waals surface area contributed by atoms with Gasteiger partial charge in [0.25, 0.3) is 0 Å². The van der Waals surface area contributed by atoms with Crippen molar-refractivity contribution in [1.29, 1.82) is 0 Å². The van der Waals surface area contributed by atoms with Gasteiger partial charge in [0.15, 0.2) is 0 Å². The first-order valence-electron chi connectivity index (χ1n) is 3.33. The Hall–Kier alpha value is 0.400. The normalized spacial score (nSPS) is 38.0. The predicted molar refractivity (Wildman–Crippen MR) is 40.8 cm³/mol. The van der Waals surface area contributed by atoms with E-state index in [0.717, 1.165) is 25.9 Å². The van der Waals surface area contributed by atoms with Crippen molar-refractivity contribution in [2.75, 3.05) is 13.1 Å². The quantitative estimate of drug-likeness (QED) is 0.550. The van der Waals surface area contributed by atoms with Gasteiger partial charge in [0.2, 0.25) is 0 Å². The lowest BCUT2D eigenvalue weighted by atomic mass is 10.2. The fraction of sp³-hybridized carbons (Fsp3) is 1.00. The van der Waals surface area contributed by atoms with Crippen molar-refractivity contribution in [3.63, 3.8) is 0 Å². The first kappa shape index (κ1) is 7.51. The van der Waals surface area contributed by atoms with Crippen molar-refractivity contribution >= 4 is 15.9 Å². The van der Waals surface area contributed by atoms with Gasteiger partial charge in [-0.15, -0.1) is 0 Å². The van der Waals surface area contributed by atoms with E-state index in [-0.39, 0.29) is 10.9 Å². The summed E-state index contributed by atoms with van der Waals surface area (Å²) in [6, 6.07) is 0. The highest BCUT2D eigenvalue weighted by Gasteiger charge is 2.17. The molecule has 0 aromatic carbocycles. The number of rotatable bonds is 0. The Balaban J connectivity index is 2.32. The van der Waals surface area contributed by atoms with E-state index in [4.69, 9.17) is 0 Å². The van der Waals surface area contributed by atoms with Crippen molar-refractivity contribution in [1.82, 2.24) is 5.32 Å². The Kier molecular flexibility index (Phi) is 2.95. The van der Waals surface area contributed by atoms with E-state index in [1.165, 1.54) is 0 Å². The first-order valence-corrected chi connectivity index (χ1v) is 4.25. The van der Waals surface area contributed by atoms with Gasteiger partial charge in [-0.1, -0.05) is 15.9 Å². The molecule has 0 bridgehead atoms. The average molecular weight is 194 g/mol. The summed E-state index contributed by atoms with van der Waals surface area (Å²) in [5, 5.41) is 12.5. The molecule has 0 aromatic heterocycles. The maximum atomic E-state index is 9.27. The Bertz CT molecular complexity index is 79.1. The zero-order valence-electron chi connectivity index (χ0n) is 5.31. The zero-order chi connectivity index (χ0) is 6.69. The molecule has 1 aliphatic rings. The third-order valence-electron chi connectivity index (χ3n) is 1.61. The van der Waals surface area contributed by atoms with Crippen LogP contribution < -0.4 is 5.32 Å². The number of hydrogen-bond donors (Lipinski definition) is 2. The van der Waals surface area contributed by atoms with E-state index in [1.807, 2.05) is 0 Å². The van der Waals surface area contributed by atoms with Gasteiger partial charge in [-0.3, -0.25) is 0 Å². The second kappa shape index (κ2) is 3.54. The standard InChI is InChI=1S/C6H12BrNO/c7-5-4-8-3-1-2-6(5)9/h5-6,8-9H,1-4H2. The molecule has 0 aliphatic carbocycles. The van der Waals surface area contributed by atoms with E-state index in [2.05, 4.69) is 21.2 Å². The van der Waals surface area contributed by atoms with Crippen molar-refractivity contribution in [3.05, 3.63) is 0 Å². The number of nitrogens with one attached hydrogen (secondary N) is 1. The van der Waals surface area contributed by atoms with Crippen LogP contribution in [0.4, 0.5) is 0 Å². The molecule has 1 heterocycles. The number of aliphatic hydroxyl groups excluding tert-OH is 1. The minimum absolute atomic E-state index is 0.153. The van der Waals surface area contributed by atoms with Crippen molar-refractivity contribution < 1.29 is 5.11 Å². The fourth-order valence-corrected chi connectivity index (χ4v) is 1.49. The summed E-state index contributed by atoms with van der Waals surface area (Å²) in [6.45, 7) is 1.93. The Morgan fingerprint density at radius 1 is 1.56 bits per heavy atom. The van der Waals surface area contributed by atoms with Crippen LogP contribution in [-0.4, -0.2) is 29.1 Å². The van der Waals surface area contributed by atoms with Gasteiger partial charge in [-0.05, 0) is 19.4 Å². The third-order valence-corrected chi connectivity index (χ3v) is 2.54. The molecule has 0 saturated carbocycles. The van der Waals surface area contributed by atoms with Crippen LogP contribution in [0, 0.1) is 0 Å². The van der Waals surface area contributed by atoms with Crippen molar-refractivity contribution in [2.45, 2.75) is 23.8 Å². The molecule has 1 saturated heterocycles. The molecule has 54 valence electrons. The van der Waals surface area contributed by atoms with Crippen LogP contribution in [0.2, 0.25) is 0 Å². The van der Waals surface area contributed by atoms with Crippen LogP contribution in [0.5, 0.6) is 0 Å². The predicted octanol–water partition coefficient (Wildman–Crippen LogP) is 0.494. The highest BCUT2D eigenvalue weighted by Crippen LogP contribution is 2.12. The molecular formula is C6H12BrNO. The molecule has 9 heavy (non-hydrogen) atoms. The summed E-state index contributed by atoms with van der Waals surface area (Å²) in [5.41, 5.74) is 0. The van der Waals surface area contributed by atoms with Crippen LogP contribution in [0.3, 0.4) is 0 Å². The Labute approximate surface area is 63.8 Å². The summed E-state index contributed by atoms with van der Waals surface area (Å²) in [5.74, 6) is 0. The van der Waals surface area contributed by atoms with E-state index in [0.29, 0.717) is 0 Å². The molecule has 1 fully saturated rings. The maximum Gasteiger partial charge on any atom is 0.0678 e. The highest BCUT2D eigenvalue weighted by atomic mass is 79.9. The maximum absolute atomic E-state index is 9.27. The fourth-order valence-electron chi connectivity index (χ4n) is 0.993. The molecule has 0 amide bonds. The minimum Gasteiger partial charge on any atom is -0.392 e. The first-order chi connectivity index (χ1) is 4.30. The SMILES string of the molecule is OC1CCCNCC1Br. The highest BCUT2D eigenvalue weighted by molar-refractivity contribution is 9.09. The van der Waals surface area contributed by atoms with E-state index >= 15 is 0 Å². The molecule has 1 aliphatic heterocycles. The Morgan fingerprint density at radius 3 is 3.11 bits per heavy atom. The van der Waals surface area contributed by atoms with Crippen molar-refractivity contribution in [2.24, 2.45) is 0 Å². The van der Waals surface area contributed by atoms with Crippen LogP contribution >= 0.6 is 15.9 Å². The van der Waals surface area contributed by atoms with Crippen LogP contribution in [0.25, 0.3) is 0 Å². The van der Waals surface area contributed by atoms with Gasteiger partial charge in [0, 0.05) is 6.54 Å². The van der Waals surface area contributed by atoms with Gasteiger partial charge in [-0.2, -0.15) is 0 Å². The van der Waals surface area contributed by atoms with Gasteiger partial charge < -0.3 is 10.4 Å². The molecule has 2 N–H and O–H groups in total. The van der Waals surface area contributed by atoms with E-state index in [9.17, 15) is 5.11 Å².